The van der Waals surface area contributed by atoms with Crippen molar-refractivity contribution in [2.45, 2.75) is 25.8 Å². The number of hydrogen-bond acceptors (Lipinski definition) is 3. The van der Waals surface area contributed by atoms with E-state index < -0.39 is 0 Å². The molecule has 1 unspecified atom stereocenters. The molecule has 1 aromatic heterocycles. The van der Waals surface area contributed by atoms with Gasteiger partial charge in [-0.25, -0.2) is 0 Å². The number of hydrogen-bond donors (Lipinski definition) is 1. The van der Waals surface area contributed by atoms with Crippen LogP contribution in [0.4, 0.5) is 0 Å². The molecular weight excluding hydrogens is 236 g/mol. The fraction of sp³-hybridized carbons (Fsp3) is 0.750. The summed E-state index contributed by atoms with van der Waals surface area (Å²) < 4.78 is 1.89. The van der Waals surface area contributed by atoms with Crippen LogP contribution in [0, 0.1) is 6.92 Å². The lowest BCUT2D eigenvalue weighted by atomic mass is 10.1. The van der Waals surface area contributed by atoms with Crippen LogP contribution in [0.3, 0.4) is 0 Å². The minimum Gasteiger partial charge on any atom is -0.317 e. The molecule has 4 nitrogen and oxygen atoms in total. The first-order valence-corrected chi connectivity index (χ1v) is 6.33. The lowest BCUT2D eigenvalue weighted by Crippen LogP contribution is -2.32. The number of nitrogens with one attached hydrogen (secondary N) is 1. The molecule has 0 fully saturated rings. The van der Waals surface area contributed by atoms with Crippen molar-refractivity contribution >= 4 is 11.6 Å². The molecule has 0 spiro atoms. The lowest BCUT2D eigenvalue weighted by Gasteiger charge is -2.19. The molecule has 0 saturated heterocycles. The highest BCUT2D eigenvalue weighted by Gasteiger charge is 2.15. The lowest BCUT2D eigenvalue weighted by molar-refractivity contribution is 0.362. The van der Waals surface area contributed by atoms with E-state index in [9.17, 15) is 0 Å². The predicted octanol–water partition coefficient (Wildman–Crippen LogP) is 1.46. The number of rotatable bonds is 6. The molecule has 1 aromatic rings. The molecule has 0 aliphatic carbocycles. The summed E-state index contributed by atoms with van der Waals surface area (Å²) >= 11 is 6.26. The molecule has 0 saturated carbocycles. The van der Waals surface area contributed by atoms with Crippen molar-refractivity contribution in [3.63, 3.8) is 0 Å². The summed E-state index contributed by atoms with van der Waals surface area (Å²) in [5.41, 5.74) is 2.02. The van der Waals surface area contributed by atoms with Gasteiger partial charge in [0.15, 0.2) is 0 Å². The van der Waals surface area contributed by atoms with Crippen molar-refractivity contribution in [2.75, 3.05) is 27.7 Å². The average molecular weight is 259 g/mol. The van der Waals surface area contributed by atoms with E-state index in [-0.39, 0.29) is 0 Å². The van der Waals surface area contributed by atoms with Crippen LogP contribution in [0.25, 0.3) is 0 Å². The van der Waals surface area contributed by atoms with Gasteiger partial charge in [0.05, 0.1) is 16.4 Å². The van der Waals surface area contributed by atoms with Gasteiger partial charge in [0.25, 0.3) is 0 Å². The van der Waals surface area contributed by atoms with E-state index in [0.717, 1.165) is 35.8 Å². The molecule has 5 heteroatoms. The molecule has 0 bridgehead atoms. The molecule has 1 heterocycles. The van der Waals surface area contributed by atoms with Crippen molar-refractivity contribution in [2.24, 2.45) is 7.05 Å². The van der Waals surface area contributed by atoms with Gasteiger partial charge < -0.3 is 10.2 Å². The zero-order valence-corrected chi connectivity index (χ0v) is 12.2. The topological polar surface area (TPSA) is 33.1 Å². The summed E-state index contributed by atoms with van der Waals surface area (Å²) in [4.78, 5) is 2.19. The fourth-order valence-corrected chi connectivity index (χ4v) is 2.13. The van der Waals surface area contributed by atoms with Crippen LogP contribution in [0.1, 0.15) is 17.8 Å². The molecule has 1 rings (SSSR count). The number of aryl methyl sites for hydroxylation is 2. The summed E-state index contributed by atoms with van der Waals surface area (Å²) in [5.74, 6) is 0. The van der Waals surface area contributed by atoms with E-state index in [4.69, 9.17) is 11.6 Å². The molecule has 0 aliphatic heterocycles. The third-order valence-corrected chi connectivity index (χ3v) is 3.53. The van der Waals surface area contributed by atoms with E-state index in [1.165, 1.54) is 0 Å². The first-order valence-electron chi connectivity index (χ1n) is 5.95. The third kappa shape index (κ3) is 3.98. The molecule has 1 N–H and O–H groups in total. The Labute approximate surface area is 109 Å². The highest BCUT2D eigenvalue weighted by atomic mass is 35.5. The highest BCUT2D eigenvalue weighted by molar-refractivity contribution is 6.31. The van der Waals surface area contributed by atoms with Crippen molar-refractivity contribution in [1.29, 1.82) is 0 Å². The Morgan fingerprint density at radius 1 is 1.47 bits per heavy atom. The Balaban J connectivity index is 2.67. The number of nitrogens with zero attached hydrogens (tertiary/aromatic N) is 3. The van der Waals surface area contributed by atoms with Crippen molar-refractivity contribution < 1.29 is 0 Å². The summed E-state index contributed by atoms with van der Waals surface area (Å²) in [5, 5.41) is 8.49. The van der Waals surface area contributed by atoms with Gasteiger partial charge in [-0.15, -0.1) is 0 Å². The Morgan fingerprint density at radius 2 is 2.12 bits per heavy atom. The molecule has 17 heavy (non-hydrogen) atoms. The average Bonchev–Trinajstić information content (AvgIpc) is 2.49. The van der Waals surface area contributed by atoms with Gasteiger partial charge >= 0.3 is 0 Å². The first-order chi connectivity index (χ1) is 7.95. The second-order valence-electron chi connectivity index (χ2n) is 4.75. The van der Waals surface area contributed by atoms with Crippen LogP contribution >= 0.6 is 11.6 Å². The molecular formula is C12H23ClN4. The van der Waals surface area contributed by atoms with Crippen molar-refractivity contribution in [1.82, 2.24) is 20.0 Å². The van der Waals surface area contributed by atoms with Gasteiger partial charge in [0.1, 0.15) is 0 Å². The fourth-order valence-electron chi connectivity index (χ4n) is 1.90. The van der Waals surface area contributed by atoms with E-state index >= 15 is 0 Å². The Bertz CT molecular complexity index is 360. The van der Waals surface area contributed by atoms with Crippen LogP contribution in [0.5, 0.6) is 0 Å². The minimum absolute atomic E-state index is 0.435. The molecule has 0 aliphatic rings. The van der Waals surface area contributed by atoms with E-state index in [1.807, 2.05) is 25.7 Å². The molecule has 1 atom stereocenters. The largest absolute Gasteiger partial charge is 0.317 e. The van der Waals surface area contributed by atoms with E-state index in [0.29, 0.717) is 6.04 Å². The molecule has 0 aromatic carbocycles. The number of aromatic nitrogens is 2. The maximum absolute atomic E-state index is 6.26. The van der Waals surface area contributed by atoms with Crippen molar-refractivity contribution in [3.05, 3.63) is 16.4 Å². The van der Waals surface area contributed by atoms with Crippen LogP contribution in [0.15, 0.2) is 0 Å². The first kappa shape index (κ1) is 14.5. The SMILES string of the molecule is CNC(CCN(C)C)Cc1c(Cl)c(C)nn1C. The van der Waals surface area contributed by atoms with Crippen LogP contribution in [-0.4, -0.2) is 48.4 Å². The van der Waals surface area contributed by atoms with Crippen LogP contribution < -0.4 is 5.32 Å². The zero-order chi connectivity index (χ0) is 13.0. The monoisotopic (exact) mass is 258 g/mol. The maximum atomic E-state index is 6.26. The van der Waals surface area contributed by atoms with Gasteiger partial charge in [-0.05, 0) is 41.0 Å². The summed E-state index contributed by atoms with van der Waals surface area (Å²) in [6.07, 6.45) is 2.02. The van der Waals surface area contributed by atoms with Gasteiger partial charge in [0.2, 0.25) is 0 Å². The van der Waals surface area contributed by atoms with Crippen molar-refractivity contribution in [3.8, 4) is 0 Å². The molecule has 98 valence electrons. The highest BCUT2D eigenvalue weighted by Crippen LogP contribution is 2.21. The van der Waals surface area contributed by atoms with Crippen LogP contribution in [-0.2, 0) is 13.5 Å². The Kier molecular flexibility index (Phi) is 5.43. The summed E-state index contributed by atoms with van der Waals surface area (Å²) in [7, 11) is 8.13. The summed E-state index contributed by atoms with van der Waals surface area (Å²) in [6.45, 7) is 3.01. The Hall–Kier alpha value is -0.580. The normalized spacial score (nSPS) is 13.4. The van der Waals surface area contributed by atoms with E-state index in [1.54, 1.807) is 0 Å². The second kappa shape index (κ2) is 6.38. The standard InChI is InChI=1S/C12H23ClN4/c1-9-12(13)11(17(5)15-9)8-10(14-2)6-7-16(3)4/h10,14H,6-8H2,1-5H3. The molecule has 0 amide bonds. The maximum Gasteiger partial charge on any atom is 0.0847 e. The quantitative estimate of drug-likeness (QED) is 0.839. The van der Waals surface area contributed by atoms with Crippen LogP contribution in [0.2, 0.25) is 5.02 Å². The van der Waals surface area contributed by atoms with Gasteiger partial charge in [-0.2, -0.15) is 5.10 Å². The van der Waals surface area contributed by atoms with E-state index in [2.05, 4.69) is 29.4 Å². The summed E-state index contributed by atoms with van der Waals surface area (Å²) in [6, 6.07) is 0.435. The smallest absolute Gasteiger partial charge is 0.0847 e. The second-order valence-corrected chi connectivity index (χ2v) is 5.13. The number of likely N-dealkylation sites (N-methyl/N-ethyl adjacent to an activating group) is 1. The van der Waals surface area contributed by atoms with Gasteiger partial charge in [-0.1, -0.05) is 11.6 Å². The number of halogens is 1. The predicted molar refractivity (Wildman–Crippen MR) is 72.7 cm³/mol. The Morgan fingerprint density at radius 3 is 2.53 bits per heavy atom. The van der Waals surface area contributed by atoms with Gasteiger partial charge in [0, 0.05) is 19.5 Å². The molecule has 0 radical (unpaired) electrons. The zero-order valence-electron chi connectivity index (χ0n) is 11.4. The van der Waals surface area contributed by atoms with Gasteiger partial charge in [-0.3, -0.25) is 4.68 Å². The minimum atomic E-state index is 0.435. The third-order valence-electron chi connectivity index (χ3n) is 3.03.